The Morgan fingerprint density at radius 1 is 0.582 bits per heavy atom. The van der Waals surface area contributed by atoms with E-state index >= 15 is 0 Å². The van der Waals surface area contributed by atoms with Crippen molar-refractivity contribution in [3.63, 3.8) is 0 Å². The van der Waals surface area contributed by atoms with Crippen LogP contribution in [0.25, 0.3) is 44.1 Å². The SMILES string of the molecule is Cc1ccc2oc3ncc(C(=O)c4cc(OCCCOc5ccc(O)c(C(=O)c6cnc7oc8ccc(C)cc8c(=O)c7c6)c5)ccc4O)cc3c(=O)c2c1. The molecule has 0 amide bonds. The highest BCUT2D eigenvalue weighted by molar-refractivity contribution is 6.12. The van der Waals surface area contributed by atoms with Crippen molar-refractivity contribution in [2.45, 2.75) is 20.3 Å². The number of fused-ring (bicyclic) bond motifs is 4. The smallest absolute Gasteiger partial charge is 0.230 e. The predicted molar refractivity (Wildman–Crippen MR) is 204 cm³/mol. The van der Waals surface area contributed by atoms with Gasteiger partial charge in [-0.15, -0.1) is 0 Å². The number of phenolic OH excluding ortho intramolecular Hbond substituents is 2. The van der Waals surface area contributed by atoms with Crippen LogP contribution in [0.5, 0.6) is 23.0 Å². The zero-order chi connectivity index (χ0) is 38.4. The average molecular weight is 735 g/mol. The first-order valence-electron chi connectivity index (χ1n) is 17.2. The molecule has 0 radical (unpaired) electrons. The molecule has 272 valence electrons. The van der Waals surface area contributed by atoms with Gasteiger partial charge in [0, 0.05) is 29.9 Å². The number of rotatable bonds is 10. The van der Waals surface area contributed by atoms with Gasteiger partial charge in [0.2, 0.25) is 22.3 Å². The number of carbonyl (C=O) groups excluding carboxylic acids is 2. The zero-order valence-electron chi connectivity index (χ0n) is 29.4. The van der Waals surface area contributed by atoms with Crippen LogP contribution in [0.15, 0.2) is 116 Å². The van der Waals surface area contributed by atoms with E-state index in [-0.39, 0.29) is 80.0 Å². The van der Waals surface area contributed by atoms with E-state index in [1.165, 1.54) is 60.9 Å². The van der Waals surface area contributed by atoms with E-state index in [4.69, 9.17) is 18.3 Å². The highest BCUT2D eigenvalue weighted by atomic mass is 16.5. The molecule has 8 aromatic rings. The van der Waals surface area contributed by atoms with Crippen molar-refractivity contribution >= 4 is 55.7 Å². The highest BCUT2D eigenvalue weighted by Gasteiger charge is 2.20. The summed E-state index contributed by atoms with van der Waals surface area (Å²) in [5.74, 6) is -1.04. The second-order valence-corrected chi connectivity index (χ2v) is 13.1. The van der Waals surface area contributed by atoms with Gasteiger partial charge in [-0.3, -0.25) is 19.2 Å². The Morgan fingerprint density at radius 3 is 1.45 bits per heavy atom. The van der Waals surface area contributed by atoms with Crippen molar-refractivity contribution in [1.82, 2.24) is 9.97 Å². The number of hydrogen-bond acceptors (Lipinski definition) is 12. The highest BCUT2D eigenvalue weighted by Crippen LogP contribution is 2.29. The Hall–Kier alpha value is -7.34. The number of phenols is 2. The van der Waals surface area contributed by atoms with Crippen molar-refractivity contribution < 1.29 is 38.1 Å². The van der Waals surface area contributed by atoms with Crippen LogP contribution >= 0.6 is 0 Å². The molecule has 0 atom stereocenters. The first-order chi connectivity index (χ1) is 26.5. The lowest BCUT2D eigenvalue weighted by molar-refractivity contribution is 0.102. The van der Waals surface area contributed by atoms with E-state index < -0.39 is 11.6 Å². The predicted octanol–water partition coefficient (Wildman–Crippen LogP) is 7.33. The minimum Gasteiger partial charge on any atom is -0.507 e. The van der Waals surface area contributed by atoms with Gasteiger partial charge in [0.1, 0.15) is 34.2 Å². The van der Waals surface area contributed by atoms with Gasteiger partial charge in [0.05, 0.1) is 45.9 Å². The third-order valence-electron chi connectivity index (χ3n) is 9.14. The molecular formula is C43H30N2O10. The van der Waals surface area contributed by atoms with Crippen LogP contribution in [0.4, 0.5) is 0 Å². The number of ether oxygens (including phenoxy) is 2. The largest absolute Gasteiger partial charge is 0.507 e. The number of nitrogens with zero attached hydrogens (tertiary/aromatic N) is 2. The number of aryl methyl sites for hydroxylation is 2. The first-order valence-corrected chi connectivity index (χ1v) is 17.2. The van der Waals surface area contributed by atoms with Gasteiger partial charge in [0.15, 0.2) is 11.6 Å². The number of hydrogen-bond donors (Lipinski definition) is 2. The van der Waals surface area contributed by atoms with Crippen LogP contribution in [0.3, 0.4) is 0 Å². The van der Waals surface area contributed by atoms with Crippen molar-refractivity contribution in [2.75, 3.05) is 13.2 Å². The summed E-state index contributed by atoms with van der Waals surface area (Å²) in [6.07, 6.45) is 2.98. The summed E-state index contributed by atoms with van der Waals surface area (Å²) < 4.78 is 23.2. The van der Waals surface area contributed by atoms with Crippen LogP contribution in [0.1, 0.15) is 49.4 Å². The quantitative estimate of drug-likeness (QED) is 0.0813. The van der Waals surface area contributed by atoms with Gasteiger partial charge in [-0.1, -0.05) is 23.3 Å². The van der Waals surface area contributed by atoms with Crippen molar-refractivity contribution in [3.8, 4) is 23.0 Å². The fourth-order valence-electron chi connectivity index (χ4n) is 6.28. The lowest BCUT2D eigenvalue weighted by atomic mass is 10.0. The first kappa shape index (κ1) is 34.7. The second-order valence-electron chi connectivity index (χ2n) is 13.1. The molecule has 0 aliphatic rings. The Kier molecular flexibility index (Phi) is 8.78. The molecule has 55 heavy (non-hydrogen) atoms. The number of aromatic nitrogens is 2. The van der Waals surface area contributed by atoms with Crippen molar-refractivity contribution in [2.24, 2.45) is 0 Å². The van der Waals surface area contributed by atoms with Gasteiger partial charge in [-0.2, -0.15) is 0 Å². The van der Waals surface area contributed by atoms with Crippen molar-refractivity contribution in [3.05, 3.63) is 151 Å². The molecule has 0 bridgehead atoms. The maximum absolute atomic E-state index is 13.5. The van der Waals surface area contributed by atoms with E-state index in [1.807, 2.05) is 26.0 Å². The minimum atomic E-state index is -0.561. The lowest BCUT2D eigenvalue weighted by Gasteiger charge is -2.11. The van der Waals surface area contributed by atoms with E-state index in [1.54, 1.807) is 24.3 Å². The topological polar surface area (TPSA) is 179 Å². The molecule has 0 saturated heterocycles. The molecule has 4 aromatic carbocycles. The van der Waals surface area contributed by atoms with Crippen molar-refractivity contribution in [1.29, 1.82) is 0 Å². The van der Waals surface area contributed by atoms with Gasteiger partial charge >= 0.3 is 0 Å². The summed E-state index contributed by atoms with van der Waals surface area (Å²) in [7, 11) is 0. The number of pyridine rings is 2. The molecule has 0 aliphatic heterocycles. The summed E-state index contributed by atoms with van der Waals surface area (Å²) in [6, 6.07) is 21.8. The molecule has 12 nitrogen and oxygen atoms in total. The van der Waals surface area contributed by atoms with E-state index in [2.05, 4.69) is 9.97 Å². The van der Waals surface area contributed by atoms with Crippen LogP contribution in [-0.4, -0.2) is 45.0 Å². The van der Waals surface area contributed by atoms with Gasteiger partial charge < -0.3 is 28.5 Å². The standard InChI is InChI=1S/C43H30N2O10/c1-22-4-10-36-30(14-22)40(50)32-16-24(20-44-42(32)54-36)38(48)28-18-26(6-8-34(28)46)52-12-3-13-53-27-7-9-35(47)29(19-27)39(49)25-17-33-41(51)31-15-23(2)5-11-37(31)55-43(33)45-21-25/h4-11,14-21,46-47H,3,12-13H2,1-2H3. The molecule has 4 aromatic heterocycles. The van der Waals surface area contributed by atoms with Gasteiger partial charge in [-0.05, 0) is 86.6 Å². The van der Waals surface area contributed by atoms with E-state index in [9.17, 15) is 29.4 Å². The van der Waals surface area contributed by atoms with Gasteiger partial charge in [0.25, 0.3) is 0 Å². The minimum absolute atomic E-state index is 0.0388. The Labute approximate surface area is 310 Å². The van der Waals surface area contributed by atoms with Crippen LogP contribution < -0.4 is 20.3 Å². The molecule has 2 N–H and O–H groups in total. The van der Waals surface area contributed by atoms with E-state index in [0.29, 0.717) is 39.9 Å². The second kappa shape index (κ2) is 13.9. The van der Waals surface area contributed by atoms with Crippen LogP contribution in [0, 0.1) is 13.8 Å². The normalized spacial score (nSPS) is 11.4. The summed E-state index contributed by atoms with van der Waals surface area (Å²) in [5.41, 5.74) is 2.20. The van der Waals surface area contributed by atoms with Crippen LogP contribution in [0.2, 0.25) is 0 Å². The Balaban J connectivity index is 0.923. The summed E-state index contributed by atoms with van der Waals surface area (Å²) >= 11 is 0. The van der Waals surface area contributed by atoms with Crippen LogP contribution in [-0.2, 0) is 0 Å². The third-order valence-corrected chi connectivity index (χ3v) is 9.14. The molecule has 4 heterocycles. The molecule has 0 aliphatic carbocycles. The molecular weight excluding hydrogens is 704 g/mol. The summed E-state index contributed by atoms with van der Waals surface area (Å²) in [6.45, 7) is 4.07. The van der Waals surface area contributed by atoms with E-state index in [0.717, 1.165) is 11.1 Å². The molecule has 12 heteroatoms. The molecule has 0 spiro atoms. The lowest BCUT2D eigenvalue weighted by Crippen LogP contribution is -2.09. The number of benzene rings is 4. The molecule has 0 fully saturated rings. The number of carbonyl (C=O) groups is 2. The monoisotopic (exact) mass is 734 g/mol. The zero-order valence-corrected chi connectivity index (χ0v) is 29.4. The number of aromatic hydroxyl groups is 2. The number of ketones is 2. The fourth-order valence-corrected chi connectivity index (χ4v) is 6.28. The van der Waals surface area contributed by atoms with Gasteiger partial charge in [-0.25, -0.2) is 9.97 Å². The molecule has 0 saturated carbocycles. The average Bonchev–Trinajstić information content (AvgIpc) is 3.19. The molecule has 0 unspecified atom stereocenters. The Morgan fingerprint density at radius 2 is 1.02 bits per heavy atom. The fraction of sp³-hybridized carbons (Fsp3) is 0.116. The third kappa shape index (κ3) is 6.61. The Bertz CT molecular complexity index is 2800. The maximum Gasteiger partial charge on any atom is 0.230 e. The molecule has 8 rings (SSSR count). The summed E-state index contributed by atoms with van der Waals surface area (Å²) in [5, 5.41) is 22.1. The summed E-state index contributed by atoms with van der Waals surface area (Å²) in [4.78, 5) is 61.8. The maximum atomic E-state index is 13.5.